The summed E-state index contributed by atoms with van der Waals surface area (Å²) in [5.74, 6) is 0.460. The van der Waals surface area contributed by atoms with E-state index in [1.54, 1.807) is 19.1 Å². The molecule has 0 aliphatic heterocycles. The van der Waals surface area contributed by atoms with E-state index in [0.717, 1.165) is 17.0 Å². The number of esters is 1. The van der Waals surface area contributed by atoms with Crippen LogP contribution in [0.1, 0.15) is 18.3 Å². The number of anilines is 1. The van der Waals surface area contributed by atoms with Crippen molar-refractivity contribution in [3.05, 3.63) is 47.5 Å². The lowest BCUT2D eigenvalue weighted by Crippen LogP contribution is -2.18. The lowest BCUT2D eigenvalue weighted by Gasteiger charge is -2.10. The molecule has 1 N–H and O–H groups in total. The van der Waals surface area contributed by atoms with Crippen molar-refractivity contribution >= 4 is 17.6 Å². The Labute approximate surface area is 144 Å². The van der Waals surface area contributed by atoms with Crippen LogP contribution in [0.2, 0.25) is 0 Å². The van der Waals surface area contributed by atoms with Gasteiger partial charge in [0.15, 0.2) is 0 Å². The highest BCUT2D eigenvalue weighted by Gasteiger charge is 2.18. The van der Waals surface area contributed by atoms with Gasteiger partial charge in [-0.3, -0.25) is 9.20 Å². The number of fused-ring (bicyclic) bond motifs is 1. The Morgan fingerprint density at radius 3 is 2.64 bits per heavy atom. The molecule has 130 valence electrons. The average molecular weight is 342 g/mol. The number of imidazole rings is 1. The number of halogens is 1. The minimum Gasteiger partial charge on any atom is -0.465 e. The predicted octanol–water partition coefficient (Wildman–Crippen LogP) is 3.13. The molecule has 0 radical (unpaired) electrons. The average Bonchev–Trinajstić information content (AvgIpc) is 2.92. The number of nitrogens with zero attached hydrogens (tertiary/aromatic N) is 3. The molecule has 2 heterocycles. The zero-order chi connectivity index (χ0) is 18.0. The number of rotatable bonds is 5. The number of nitrogens with one attached hydrogen (secondary N) is 1. The minimum absolute atomic E-state index is 0.00312. The molecule has 0 saturated carbocycles. The zero-order valence-corrected chi connectivity index (χ0v) is 14.3. The highest BCUT2D eigenvalue weighted by molar-refractivity contribution is 5.80. The second kappa shape index (κ2) is 6.88. The summed E-state index contributed by atoms with van der Waals surface area (Å²) in [6, 6.07) is 7.97. The normalized spacial score (nSPS) is 10.9. The summed E-state index contributed by atoms with van der Waals surface area (Å²) in [6.45, 7) is 5.91. The van der Waals surface area contributed by atoms with Crippen LogP contribution in [0, 0.1) is 19.7 Å². The predicted molar refractivity (Wildman–Crippen MR) is 93.0 cm³/mol. The lowest BCUT2D eigenvalue weighted by molar-refractivity contribution is -0.140. The summed E-state index contributed by atoms with van der Waals surface area (Å²) in [6.07, 6.45) is 0. The smallest absolute Gasteiger partial charge is 0.325 e. The molecule has 2 aromatic heterocycles. The number of aryl methyl sites for hydroxylation is 2. The van der Waals surface area contributed by atoms with Gasteiger partial charge in [0.05, 0.1) is 6.61 Å². The molecule has 0 unspecified atom stereocenters. The fourth-order valence-electron chi connectivity index (χ4n) is 2.71. The molecule has 3 aromatic rings. The molecule has 1 aromatic carbocycles. The first-order chi connectivity index (χ1) is 12.0. The number of aromatic nitrogens is 3. The molecule has 0 aliphatic rings. The van der Waals surface area contributed by atoms with Gasteiger partial charge in [-0.25, -0.2) is 14.4 Å². The van der Waals surface area contributed by atoms with Gasteiger partial charge in [0.2, 0.25) is 5.78 Å². The second-order valence-electron chi connectivity index (χ2n) is 5.65. The molecule has 0 bridgehead atoms. The molecular formula is C18H19FN4O2. The third kappa shape index (κ3) is 3.45. The van der Waals surface area contributed by atoms with Gasteiger partial charge in [0.1, 0.15) is 23.9 Å². The molecule has 0 spiro atoms. The van der Waals surface area contributed by atoms with Crippen molar-refractivity contribution in [1.29, 1.82) is 0 Å². The van der Waals surface area contributed by atoms with Crippen molar-refractivity contribution in [3.8, 4) is 11.3 Å². The number of benzene rings is 1. The van der Waals surface area contributed by atoms with E-state index in [-0.39, 0.29) is 18.3 Å². The molecule has 0 atom stereocenters. The summed E-state index contributed by atoms with van der Waals surface area (Å²) in [5.41, 5.74) is 3.10. The lowest BCUT2D eigenvalue weighted by atomic mass is 10.1. The van der Waals surface area contributed by atoms with Gasteiger partial charge in [-0.1, -0.05) is 0 Å². The van der Waals surface area contributed by atoms with Crippen LogP contribution < -0.4 is 5.32 Å². The molecule has 0 fully saturated rings. The van der Waals surface area contributed by atoms with Crippen molar-refractivity contribution in [2.24, 2.45) is 0 Å². The molecule has 0 amide bonds. The maximum atomic E-state index is 13.2. The van der Waals surface area contributed by atoms with Crippen LogP contribution in [0.25, 0.3) is 17.0 Å². The van der Waals surface area contributed by atoms with Crippen LogP contribution in [-0.2, 0) is 9.53 Å². The third-order valence-corrected chi connectivity index (χ3v) is 3.73. The first kappa shape index (κ1) is 16.9. The van der Waals surface area contributed by atoms with Crippen molar-refractivity contribution in [1.82, 2.24) is 14.4 Å². The van der Waals surface area contributed by atoms with Crippen LogP contribution in [0.15, 0.2) is 30.3 Å². The maximum Gasteiger partial charge on any atom is 0.325 e. The highest BCUT2D eigenvalue weighted by atomic mass is 19.1. The first-order valence-electron chi connectivity index (χ1n) is 8.01. The maximum absolute atomic E-state index is 13.2. The van der Waals surface area contributed by atoms with Gasteiger partial charge in [0.25, 0.3) is 0 Å². The van der Waals surface area contributed by atoms with Crippen LogP contribution in [0.4, 0.5) is 10.2 Å². The molecular weight excluding hydrogens is 323 g/mol. The monoisotopic (exact) mass is 342 g/mol. The van der Waals surface area contributed by atoms with E-state index in [1.165, 1.54) is 12.1 Å². The number of carbonyl (C=O) groups excluding carboxylic acids is 1. The number of hydrogen-bond acceptors (Lipinski definition) is 5. The van der Waals surface area contributed by atoms with Crippen molar-refractivity contribution < 1.29 is 13.9 Å². The number of ether oxygens (including phenoxy) is 1. The van der Waals surface area contributed by atoms with Crippen molar-refractivity contribution in [3.63, 3.8) is 0 Å². The Balaban J connectivity index is 2.11. The topological polar surface area (TPSA) is 68.5 Å². The van der Waals surface area contributed by atoms with E-state index in [0.29, 0.717) is 23.9 Å². The fourth-order valence-corrected chi connectivity index (χ4v) is 2.71. The van der Waals surface area contributed by atoms with Gasteiger partial charge in [-0.15, -0.1) is 0 Å². The minimum atomic E-state index is -0.361. The van der Waals surface area contributed by atoms with Crippen LogP contribution in [0.3, 0.4) is 0 Å². The quantitative estimate of drug-likeness (QED) is 0.722. The first-order valence-corrected chi connectivity index (χ1v) is 8.01. The molecule has 25 heavy (non-hydrogen) atoms. The Morgan fingerprint density at radius 1 is 1.24 bits per heavy atom. The zero-order valence-electron chi connectivity index (χ0n) is 14.3. The Kier molecular flexibility index (Phi) is 4.65. The summed E-state index contributed by atoms with van der Waals surface area (Å²) in [5, 5.41) is 3.09. The Hall–Kier alpha value is -2.96. The van der Waals surface area contributed by atoms with Gasteiger partial charge < -0.3 is 10.1 Å². The molecule has 0 aliphatic carbocycles. The Morgan fingerprint density at radius 2 is 1.96 bits per heavy atom. The number of hydrogen-bond donors (Lipinski definition) is 1. The highest BCUT2D eigenvalue weighted by Crippen LogP contribution is 2.29. The van der Waals surface area contributed by atoms with E-state index in [1.807, 2.05) is 24.3 Å². The van der Waals surface area contributed by atoms with E-state index >= 15 is 0 Å². The van der Waals surface area contributed by atoms with Crippen LogP contribution >= 0.6 is 0 Å². The van der Waals surface area contributed by atoms with Gasteiger partial charge >= 0.3 is 5.97 Å². The summed E-state index contributed by atoms with van der Waals surface area (Å²) in [7, 11) is 0. The standard InChI is InChI=1S/C18H19FN4O2/c1-4-25-15(24)10-20-17-16(13-5-7-14(19)8-6-13)22-18-21-11(2)9-12(3)23(17)18/h5-9,20H,4,10H2,1-3H3. The second-order valence-corrected chi connectivity index (χ2v) is 5.65. The molecule has 3 rings (SSSR count). The van der Waals surface area contributed by atoms with E-state index in [9.17, 15) is 9.18 Å². The Bertz CT molecular complexity index is 919. The SMILES string of the molecule is CCOC(=O)CNc1c(-c2ccc(F)cc2)nc2nc(C)cc(C)n12. The number of carbonyl (C=O) groups is 1. The molecule has 7 heteroatoms. The van der Waals surface area contributed by atoms with Crippen molar-refractivity contribution in [2.75, 3.05) is 18.5 Å². The third-order valence-electron chi connectivity index (χ3n) is 3.73. The van der Waals surface area contributed by atoms with Gasteiger partial charge in [0, 0.05) is 17.0 Å². The van der Waals surface area contributed by atoms with E-state index in [4.69, 9.17) is 4.74 Å². The van der Waals surface area contributed by atoms with Gasteiger partial charge in [-0.2, -0.15) is 0 Å². The summed E-state index contributed by atoms with van der Waals surface area (Å²) < 4.78 is 20.1. The fraction of sp³-hybridized carbons (Fsp3) is 0.278. The largest absolute Gasteiger partial charge is 0.465 e. The molecule has 6 nitrogen and oxygen atoms in total. The van der Waals surface area contributed by atoms with Gasteiger partial charge in [-0.05, 0) is 51.1 Å². The summed E-state index contributed by atoms with van der Waals surface area (Å²) in [4.78, 5) is 20.7. The van der Waals surface area contributed by atoms with Crippen molar-refractivity contribution in [2.45, 2.75) is 20.8 Å². The van der Waals surface area contributed by atoms with E-state index < -0.39 is 0 Å². The van der Waals surface area contributed by atoms with Crippen LogP contribution in [0.5, 0.6) is 0 Å². The van der Waals surface area contributed by atoms with Crippen LogP contribution in [-0.4, -0.2) is 33.5 Å². The summed E-state index contributed by atoms with van der Waals surface area (Å²) >= 11 is 0. The van der Waals surface area contributed by atoms with E-state index in [2.05, 4.69) is 15.3 Å². The molecule has 0 saturated heterocycles.